The molecule has 0 aliphatic heterocycles. The lowest BCUT2D eigenvalue weighted by Crippen LogP contribution is -2.03. The zero-order valence-electron chi connectivity index (χ0n) is 15.3. The van der Waals surface area contributed by atoms with Gasteiger partial charge in [-0.3, -0.25) is 4.79 Å². The van der Waals surface area contributed by atoms with Crippen molar-refractivity contribution in [1.29, 1.82) is 0 Å². The number of benzene rings is 1. The number of nitrogens with one attached hydrogen (secondary N) is 1. The average molecular weight is 378 g/mol. The van der Waals surface area contributed by atoms with Crippen molar-refractivity contribution >= 4 is 22.4 Å². The maximum atomic E-state index is 10.7. The third-order valence-corrected chi connectivity index (χ3v) is 4.66. The van der Waals surface area contributed by atoms with Crippen molar-refractivity contribution in [2.75, 3.05) is 19.0 Å². The first kappa shape index (κ1) is 20.0. The van der Waals surface area contributed by atoms with Crippen LogP contribution < -0.4 is 14.8 Å². The lowest BCUT2D eigenvalue weighted by molar-refractivity contribution is -0.136. The molecule has 0 fully saturated rings. The molecule has 0 radical (unpaired) electrons. The Morgan fingerprint density at radius 3 is 2.85 bits per heavy atom. The second-order valence-corrected chi connectivity index (χ2v) is 6.82. The third kappa shape index (κ3) is 6.55. The van der Waals surface area contributed by atoms with E-state index >= 15 is 0 Å². The Kier molecular flexibility index (Phi) is 8.21. The van der Waals surface area contributed by atoms with Crippen LogP contribution in [0.2, 0.25) is 0 Å². The van der Waals surface area contributed by atoms with E-state index < -0.39 is 5.97 Å². The van der Waals surface area contributed by atoms with Crippen molar-refractivity contribution in [2.45, 2.75) is 45.6 Å². The zero-order valence-corrected chi connectivity index (χ0v) is 16.1. The van der Waals surface area contributed by atoms with Crippen LogP contribution in [-0.4, -0.2) is 29.8 Å². The standard InChI is InChI=1S/C19H26N2O4S/c1-3-4-5-6-9-25-16-8-7-14(10-17(16)24-2)12-20-19-21-15(13-26-19)11-18(22)23/h7-8,10,13H,3-6,9,11-12H2,1-2H3,(H,20,21)(H,22,23). The van der Waals surface area contributed by atoms with Crippen LogP contribution in [0.1, 0.15) is 43.9 Å². The Morgan fingerprint density at radius 2 is 2.12 bits per heavy atom. The number of methoxy groups -OCH3 is 1. The predicted octanol–water partition coefficient (Wildman–Crippen LogP) is 4.35. The fourth-order valence-electron chi connectivity index (χ4n) is 2.45. The van der Waals surface area contributed by atoms with Gasteiger partial charge in [0, 0.05) is 11.9 Å². The summed E-state index contributed by atoms with van der Waals surface area (Å²) in [5.74, 6) is 0.591. The summed E-state index contributed by atoms with van der Waals surface area (Å²) in [6.07, 6.45) is 4.61. The van der Waals surface area contributed by atoms with Crippen molar-refractivity contribution in [1.82, 2.24) is 4.98 Å². The third-order valence-electron chi connectivity index (χ3n) is 3.81. The molecule has 0 aliphatic rings. The first-order valence-electron chi connectivity index (χ1n) is 8.82. The molecular formula is C19H26N2O4S. The molecule has 0 saturated heterocycles. The molecule has 1 heterocycles. The minimum atomic E-state index is -0.878. The largest absolute Gasteiger partial charge is 0.493 e. The first-order chi connectivity index (χ1) is 12.6. The number of anilines is 1. The zero-order chi connectivity index (χ0) is 18.8. The highest BCUT2D eigenvalue weighted by atomic mass is 32.1. The van der Waals surface area contributed by atoms with Gasteiger partial charge < -0.3 is 19.9 Å². The van der Waals surface area contributed by atoms with Gasteiger partial charge in [-0.2, -0.15) is 0 Å². The highest BCUT2D eigenvalue weighted by Gasteiger charge is 2.08. The Balaban J connectivity index is 1.87. The smallest absolute Gasteiger partial charge is 0.309 e. The number of carbonyl (C=O) groups is 1. The molecule has 0 bridgehead atoms. The second-order valence-electron chi connectivity index (χ2n) is 5.96. The highest BCUT2D eigenvalue weighted by Crippen LogP contribution is 2.29. The molecule has 2 aromatic rings. The Bertz CT molecular complexity index is 703. The minimum absolute atomic E-state index is 0.0592. The van der Waals surface area contributed by atoms with Crippen molar-refractivity contribution in [2.24, 2.45) is 0 Å². The van der Waals surface area contributed by atoms with Crippen LogP contribution >= 0.6 is 11.3 Å². The van der Waals surface area contributed by atoms with Gasteiger partial charge in [0.2, 0.25) is 0 Å². The number of aliphatic carboxylic acids is 1. The molecule has 142 valence electrons. The summed E-state index contributed by atoms with van der Waals surface area (Å²) >= 11 is 1.40. The van der Waals surface area contributed by atoms with Crippen molar-refractivity contribution in [3.8, 4) is 11.5 Å². The summed E-state index contributed by atoms with van der Waals surface area (Å²) in [5.41, 5.74) is 1.60. The van der Waals surface area contributed by atoms with Crippen LogP contribution in [0.15, 0.2) is 23.6 Å². The monoisotopic (exact) mass is 378 g/mol. The fourth-order valence-corrected chi connectivity index (χ4v) is 3.16. The van der Waals surface area contributed by atoms with Crippen molar-refractivity contribution in [3.63, 3.8) is 0 Å². The van der Waals surface area contributed by atoms with E-state index in [0.29, 0.717) is 29.7 Å². The first-order valence-corrected chi connectivity index (χ1v) is 9.70. The van der Waals surface area contributed by atoms with E-state index in [0.717, 1.165) is 17.7 Å². The molecule has 0 unspecified atom stereocenters. The molecule has 0 amide bonds. The molecule has 1 aromatic carbocycles. The van der Waals surface area contributed by atoms with Crippen molar-refractivity contribution < 1.29 is 19.4 Å². The summed E-state index contributed by atoms with van der Waals surface area (Å²) in [7, 11) is 1.63. The topological polar surface area (TPSA) is 80.7 Å². The molecule has 2 rings (SSSR count). The summed E-state index contributed by atoms with van der Waals surface area (Å²) in [6.45, 7) is 3.46. The predicted molar refractivity (Wildman–Crippen MR) is 103 cm³/mol. The molecule has 0 saturated carbocycles. The minimum Gasteiger partial charge on any atom is -0.493 e. The maximum absolute atomic E-state index is 10.7. The number of nitrogens with zero attached hydrogens (tertiary/aromatic N) is 1. The number of hydrogen-bond donors (Lipinski definition) is 2. The van der Waals surface area contributed by atoms with Gasteiger partial charge in [0.15, 0.2) is 16.6 Å². The number of unbranched alkanes of at least 4 members (excludes halogenated alkanes) is 3. The van der Waals surface area contributed by atoms with Gasteiger partial charge in [-0.1, -0.05) is 32.3 Å². The summed E-state index contributed by atoms with van der Waals surface area (Å²) in [6, 6.07) is 5.86. The van der Waals surface area contributed by atoms with Crippen LogP contribution in [0.3, 0.4) is 0 Å². The fraction of sp³-hybridized carbons (Fsp3) is 0.474. The van der Waals surface area contributed by atoms with E-state index in [2.05, 4.69) is 17.2 Å². The summed E-state index contributed by atoms with van der Waals surface area (Å²) < 4.78 is 11.3. The van der Waals surface area contributed by atoms with Gasteiger partial charge in [0.1, 0.15) is 0 Å². The number of ether oxygens (including phenoxy) is 2. The van der Waals surface area contributed by atoms with Crippen LogP contribution in [0.25, 0.3) is 0 Å². The summed E-state index contributed by atoms with van der Waals surface area (Å²) in [4.78, 5) is 15.0. The number of aromatic nitrogens is 1. The lowest BCUT2D eigenvalue weighted by Gasteiger charge is -2.12. The van der Waals surface area contributed by atoms with E-state index in [4.69, 9.17) is 14.6 Å². The van der Waals surface area contributed by atoms with Gasteiger partial charge in [-0.15, -0.1) is 11.3 Å². The SMILES string of the molecule is CCCCCCOc1ccc(CNc2nc(CC(=O)O)cs2)cc1OC. The number of rotatable bonds is 12. The highest BCUT2D eigenvalue weighted by molar-refractivity contribution is 7.13. The quantitative estimate of drug-likeness (QED) is 0.535. The number of thiazole rings is 1. The van der Waals surface area contributed by atoms with Crippen LogP contribution in [-0.2, 0) is 17.8 Å². The molecule has 6 nitrogen and oxygen atoms in total. The molecule has 0 atom stereocenters. The van der Waals surface area contributed by atoms with Crippen LogP contribution in [0.4, 0.5) is 5.13 Å². The van der Waals surface area contributed by atoms with E-state index in [1.807, 2.05) is 18.2 Å². The van der Waals surface area contributed by atoms with Crippen LogP contribution in [0.5, 0.6) is 11.5 Å². The van der Waals surface area contributed by atoms with Gasteiger partial charge in [-0.25, -0.2) is 4.98 Å². The molecule has 26 heavy (non-hydrogen) atoms. The van der Waals surface area contributed by atoms with E-state index in [1.165, 1.54) is 30.6 Å². The van der Waals surface area contributed by atoms with E-state index in [1.54, 1.807) is 12.5 Å². The van der Waals surface area contributed by atoms with Gasteiger partial charge in [0.25, 0.3) is 0 Å². The van der Waals surface area contributed by atoms with Gasteiger partial charge in [-0.05, 0) is 24.1 Å². The summed E-state index contributed by atoms with van der Waals surface area (Å²) in [5, 5.41) is 14.5. The number of carboxylic acid groups (broad SMARTS) is 1. The maximum Gasteiger partial charge on any atom is 0.309 e. The van der Waals surface area contributed by atoms with Gasteiger partial charge >= 0.3 is 5.97 Å². The normalized spacial score (nSPS) is 10.5. The molecule has 2 N–H and O–H groups in total. The molecule has 1 aromatic heterocycles. The van der Waals surface area contributed by atoms with E-state index in [9.17, 15) is 4.79 Å². The Labute approximate surface area is 158 Å². The molecule has 0 aliphatic carbocycles. The average Bonchev–Trinajstić information content (AvgIpc) is 3.07. The molecule has 0 spiro atoms. The Morgan fingerprint density at radius 1 is 1.27 bits per heavy atom. The van der Waals surface area contributed by atoms with Crippen molar-refractivity contribution in [3.05, 3.63) is 34.8 Å². The van der Waals surface area contributed by atoms with Gasteiger partial charge in [0.05, 0.1) is 25.8 Å². The lowest BCUT2D eigenvalue weighted by atomic mass is 10.2. The number of carboxylic acids is 1. The number of hydrogen-bond acceptors (Lipinski definition) is 6. The van der Waals surface area contributed by atoms with Crippen LogP contribution in [0, 0.1) is 0 Å². The van der Waals surface area contributed by atoms with E-state index in [-0.39, 0.29) is 6.42 Å². The second kappa shape index (κ2) is 10.7. The molecular weight excluding hydrogens is 352 g/mol. The Hall–Kier alpha value is -2.28. The molecule has 7 heteroatoms.